The molecule has 2 N–H and O–H groups in total. The van der Waals surface area contributed by atoms with Crippen LogP contribution in [0.5, 0.6) is 0 Å². The fraction of sp³-hybridized carbons (Fsp3) is 0.786. The Morgan fingerprint density at radius 2 is 2.28 bits per heavy atom. The van der Waals surface area contributed by atoms with Crippen LogP contribution in [0.2, 0.25) is 0 Å². The molecule has 0 aromatic carbocycles. The third-order valence-electron chi connectivity index (χ3n) is 3.54. The molecule has 0 amide bonds. The van der Waals surface area contributed by atoms with E-state index in [0.717, 1.165) is 11.7 Å². The second-order valence-electron chi connectivity index (χ2n) is 5.95. The summed E-state index contributed by atoms with van der Waals surface area (Å²) in [7, 11) is 0. The van der Waals surface area contributed by atoms with E-state index in [0.29, 0.717) is 6.04 Å². The number of nitrogens with zero attached hydrogens (tertiary/aromatic N) is 2. The van der Waals surface area contributed by atoms with E-state index in [-0.39, 0.29) is 5.54 Å². The maximum Gasteiger partial charge on any atom is 0.0951 e. The minimum Gasteiger partial charge on any atom is -0.330 e. The summed E-state index contributed by atoms with van der Waals surface area (Å²) < 4.78 is 2.38. The molecule has 1 aromatic rings. The van der Waals surface area contributed by atoms with Crippen LogP contribution in [0.3, 0.4) is 0 Å². The Labute approximate surface area is 115 Å². The molecular weight excluding hydrogens is 242 g/mol. The number of aromatic nitrogens is 2. The standard InChI is InChI=1S/C14H25N3S/c1-4-18-13-7-5-6-12(13)17-10-16-9-11(17)8-14(2,3)15/h9-10,12-13H,4-8,15H2,1-3H3. The molecule has 2 rings (SSSR count). The van der Waals surface area contributed by atoms with E-state index in [1.165, 1.54) is 30.7 Å². The van der Waals surface area contributed by atoms with Gasteiger partial charge < -0.3 is 10.3 Å². The highest BCUT2D eigenvalue weighted by atomic mass is 32.2. The first-order valence-corrected chi connectivity index (χ1v) is 7.97. The molecule has 1 aromatic heterocycles. The number of thioether (sulfide) groups is 1. The average Bonchev–Trinajstić information content (AvgIpc) is 2.85. The zero-order valence-electron chi connectivity index (χ0n) is 11.7. The van der Waals surface area contributed by atoms with Crippen molar-refractivity contribution in [2.75, 3.05) is 5.75 Å². The highest BCUT2D eigenvalue weighted by molar-refractivity contribution is 7.99. The Morgan fingerprint density at radius 1 is 1.50 bits per heavy atom. The highest BCUT2D eigenvalue weighted by Gasteiger charge is 2.30. The Morgan fingerprint density at radius 3 is 2.94 bits per heavy atom. The van der Waals surface area contributed by atoms with Crippen molar-refractivity contribution < 1.29 is 0 Å². The lowest BCUT2D eigenvalue weighted by molar-refractivity contribution is 0.459. The summed E-state index contributed by atoms with van der Waals surface area (Å²) in [5, 5.41) is 0.754. The molecule has 0 saturated heterocycles. The van der Waals surface area contributed by atoms with E-state index in [4.69, 9.17) is 5.73 Å². The van der Waals surface area contributed by atoms with Gasteiger partial charge in [0, 0.05) is 35.1 Å². The Balaban J connectivity index is 2.15. The van der Waals surface area contributed by atoms with E-state index in [1.54, 1.807) is 0 Å². The van der Waals surface area contributed by atoms with Crippen LogP contribution in [0.15, 0.2) is 12.5 Å². The number of imidazole rings is 1. The summed E-state index contributed by atoms with van der Waals surface area (Å²) in [4.78, 5) is 4.34. The first-order chi connectivity index (χ1) is 8.51. The smallest absolute Gasteiger partial charge is 0.0951 e. The number of rotatable bonds is 5. The lowest BCUT2D eigenvalue weighted by Crippen LogP contribution is -2.35. The van der Waals surface area contributed by atoms with Crippen molar-refractivity contribution in [1.82, 2.24) is 9.55 Å². The molecule has 0 radical (unpaired) electrons. The summed E-state index contributed by atoms with van der Waals surface area (Å²) >= 11 is 2.09. The highest BCUT2D eigenvalue weighted by Crippen LogP contribution is 2.39. The fourth-order valence-corrected chi connectivity index (χ4v) is 4.12. The molecule has 0 aliphatic heterocycles. The third kappa shape index (κ3) is 3.29. The number of hydrogen-bond acceptors (Lipinski definition) is 3. The second-order valence-corrected chi connectivity index (χ2v) is 7.47. The quantitative estimate of drug-likeness (QED) is 0.892. The molecule has 4 heteroatoms. The molecule has 1 aliphatic rings. The summed E-state index contributed by atoms with van der Waals surface area (Å²) in [5.41, 5.74) is 7.27. The van der Waals surface area contributed by atoms with E-state index in [9.17, 15) is 0 Å². The molecule has 2 unspecified atom stereocenters. The molecule has 3 nitrogen and oxygen atoms in total. The lowest BCUT2D eigenvalue weighted by atomic mass is 10.00. The maximum absolute atomic E-state index is 6.14. The van der Waals surface area contributed by atoms with Crippen molar-refractivity contribution >= 4 is 11.8 Å². The Hall–Kier alpha value is -0.480. The van der Waals surface area contributed by atoms with Gasteiger partial charge in [0.05, 0.1) is 6.33 Å². The van der Waals surface area contributed by atoms with Gasteiger partial charge in [-0.15, -0.1) is 0 Å². The largest absolute Gasteiger partial charge is 0.330 e. The first-order valence-electron chi connectivity index (χ1n) is 6.92. The molecule has 102 valence electrons. The molecule has 1 saturated carbocycles. The zero-order chi connectivity index (χ0) is 13.2. The van der Waals surface area contributed by atoms with Gasteiger partial charge in [-0.05, 0) is 32.4 Å². The maximum atomic E-state index is 6.14. The first kappa shape index (κ1) is 13.9. The average molecular weight is 267 g/mol. The minimum atomic E-state index is -0.163. The van der Waals surface area contributed by atoms with E-state index < -0.39 is 0 Å². The van der Waals surface area contributed by atoms with Crippen LogP contribution in [-0.2, 0) is 6.42 Å². The fourth-order valence-electron chi connectivity index (χ4n) is 2.87. The van der Waals surface area contributed by atoms with E-state index >= 15 is 0 Å². The molecule has 18 heavy (non-hydrogen) atoms. The molecule has 1 aliphatic carbocycles. The molecule has 1 fully saturated rings. The number of nitrogens with two attached hydrogens (primary N) is 1. The Kier molecular flexibility index (Phi) is 4.38. The monoisotopic (exact) mass is 267 g/mol. The van der Waals surface area contributed by atoms with E-state index in [2.05, 4.69) is 42.1 Å². The van der Waals surface area contributed by atoms with Crippen molar-refractivity contribution in [3.63, 3.8) is 0 Å². The molecule has 2 atom stereocenters. The van der Waals surface area contributed by atoms with Crippen LogP contribution in [0.1, 0.15) is 51.8 Å². The number of hydrogen-bond donors (Lipinski definition) is 1. The zero-order valence-corrected chi connectivity index (χ0v) is 12.5. The van der Waals surface area contributed by atoms with Crippen LogP contribution in [0.25, 0.3) is 0 Å². The molecule has 1 heterocycles. The molecule has 0 spiro atoms. The lowest BCUT2D eigenvalue weighted by Gasteiger charge is -2.25. The van der Waals surface area contributed by atoms with Gasteiger partial charge in [0.2, 0.25) is 0 Å². The van der Waals surface area contributed by atoms with Crippen LogP contribution in [0.4, 0.5) is 0 Å². The molecule has 0 bridgehead atoms. The van der Waals surface area contributed by atoms with Gasteiger partial charge in [0.25, 0.3) is 0 Å². The van der Waals surface area contributed by atoms with Gasteiger partial charge in [0.15, 0.2) is 0 Å². The van der Waals surface area contributed by atoms with Crippen LogP contribution >= 0.6 is 11.8 Å². The predicted molar refractivity (Wildman–Crippen MR) is 79.0 cm³/mol. The van der Waals surface area contributed by atoms with Gasteiger partial charge in [0.1, 0.15) is 0 Å². The predicted octanol–water partition coefficient (Wildman–Crippen LogP) is 3.01. The summed E-state index contributed by atoms with van der Waals surface area (Å²) in [6.45, 7) is 6.41. The summed E-state index contributed by atoms with van der Waals surface area (Å²) in [5.74, 6) is 1.20. The normalized spacial score (nSPS) is 24.7. The van der Waals surface area contributed by atoms with Gasteiger partial charge in [-0.2, -0.15) is 11.8 Å². The van der Waals surface area contributed by atoms with E-state index in [1.807, 2.05) is 12.5 Å². The van der Waals surface area contributed by atoms with Crippen molar-refractivity contribution in [2.45, 2.75) is 63.3 Å². The van der Waals surface area contributed by atoms with Crippen LogP contribution < -0.4 is 5.73 Å². The third-order valence-corrected chi connectivity index (χ3v) is 4.85. The minimum absolute atomic E-state index is 0.163. The van der Waals surface area contributed by atoms with Crippen molar-refractivity contribution in [1.29, 1.82) is 0 Å². The van der Waals surface area contributed by atoms with Crippen molar-refractivity contribution in [2.24, 2.45) is 5.73 Å². The van der Waals surface area contributed by atoms with Crippen molar-refractivity contribution in [3.8, 4) is 0 Å². The van der Waals surface area contributed by atoms with Gasteiger partial charge >= 0.3 is 0 Å². The van der Waals surface area contributed by atoms with Gasteiger partial charge in [-0.3, -0.25) is 0 Å². The van der Waals surface area contributed by atoms with Gasteiger partial charge in [-0.1, -0.05) is 13.3 Å². The SMILES string of the molecule is CCSC1CCCC1n1cncc1CC(C)(C)N. The van der Waals surface area contributed by atoms with Crippen LogP contribution in [0, 0.1) is 0 Å². The Bertz CT molecular complexity index is 381. The van der Waals surface area contributed by atoms with Crippen molar-refractivity contribution in [3.05, 3.63) is 18.2 Å². The molecular formula is C14H25N3S. The van der Waals surface area contributed by atoms with Crippen LogP contribution in [-0.4, -0.2) is 26.1 Å². The van der Waals surface area contributed by atoms with Gasteiger partial charge in [-0.25, -0.2) is 4.98 Å². The summed E-state index contributed by atoms with van der Waals surface area (Å²) in [6, 6.07) is 0.620. The second kappa shape index (κ2) is 5.66. The summed E-state index contributed by atoms with van der Waals surface area (Å²) in [6.07, 6.45) is 8.85. The topological polar surface area (TPSA) is 43.8 Å².